The van der Waals surface area contributed by atoms with Gasteiger partial charge in [0.2, 0.25) is 5.78 Å². The minimum absolute atomic E-state index is 0.0393. The lowest BCUT2D eigenvalue weighted by molar-refractivity contribution is 0.103. The van der Waals surface area contributed by atoms with E-state index in [1.165, 1.54) is 0 Å². The van der Waals surface area contributed by atoms with Gasteiger partial charge in [-0.05, 0) is 22.9 Å². The number of nitrogens with zero attached hydrogens (tertiary/aromatic N) is 1. The molecular formula is C20H13NO. The van der Waals surface area contributed by atoms with Gasteiger partial charge in [0.15, 0.2) is 0 Å². The minimum Gasteiger partial charge on any atom is -0.287 e. The molecule has 0 spiro atoms. The molecule has 3 aromatic carbocycles. The Morgan fingerprint density at radius 3 is 2.32 bits per heavy atom. The van der Waals surface area contributed by atoms with Gasteiger partial charge in [0.25, 0.3) is 0 Å². The fourth-order valence-electron chi connectivity index (χ4n) is 2.75. The van der Waals surface area contributed by atoms with Crippen molar-refractivity contribution >= 4 is 27.5 Å². The lowest BCUT2D eigenvalue weighted by Gasteiger charge is -2.06. The van der Waals surface area contributed by atoms with Gasteiger partial charge in [-0.1, -0.05) is 66.7 Å². The van der Waals surface area contributed by atoms with Crippen LogP contribution in [-0.4, -0.2) is 10.8 Å². The van der Waals surface area contributed by atoms with Crippen LogP contribution >= 0.6 is 0 Å². The smallest absolute Gasteiger partial charge is 0.211 e. The second-order valence-corrected chi connectivity index (χ2v) is 5.25. The fourth-order valence-corrected chi connectivity index (χ4v) is 2.75. The van der Waals surface area contributed by atoms with E-state index in [9.17, 15) is 4.79 Å². The third-order valence-electron chi connectivity index (χ3n) is 3.87. The minimum atomic E-state index is -0.0393. The zero-order valence-corrected chi connectivity index (χ0v) is 11.9. The molecule has 2 nitrogen and oxygen atoms in total. The summed E-state index contributed by atoms with van der Waals surface area (Å²) in [5, 5.41) is 3.07. The largest absolute Gasteiger partial charge is 0.287 e. The average Bonchev–Trinajstić information content (AvgIpc) is 2.60. The lowest BCUT2D eigenvalue weighted by Crippen LogP contribution is -2.04. The SMILES string of the molecule is O=C(c1ccc2ccccc2n1)c1cccc2ccccc12. The van der Waals surface area contributed by atoms with E-state index in [1.807, 2.05) is 72.8 Å². The Balaban J connectivity index is 1.88. The summed E-state index contributed by atoms with van der Waals surface area (Å²) in [4.78, 5) is 17.4. The van der Waals surface area contributed by atoms with Crippen LogP contribution in [0.3, 0.4) is 0 Å². The first-order valence-corrected chi connectivity index (χ1v) is 7.21. The molecule has 0 radical (unpaired) electrons. The molecule has 4 rings (SSSR count). The summed E-state index contributed by atoms with van der Waals surface area (Å²) in [5.41, 5.74) is 2.02. The molecule has 0 N–H and O–H groups in total. The van der Waals surface area contributed by atoms with Crippen molar-refractivity contribution in [2.24, 2.45) is 0 Å². The number of hydrogen-bond donors (Lipinski definition) is 0. The van der Waals surface area contributed by atoms with Crippen LogP contribution < -0.4 is 0 Å². The lowest BCUT2D eigenvalue weighted by atomic mass is 9.99. The monoisotopic (exact) mass is 283 g/mol. The first-order valence-electron chi connectivity index (χ1n) is 7.21. The highest BCUT2D eigenvalue weighted by molar-refractivity contribution is 6.16. The molecule has 0 saturated carbocycles. The van der Waals surface area contributed by atoms with Crippen molar-refractivity contribution in [2.45, 2.75) is 0 Å². The van der Waals surface area contributed by atoms with Crippen molar-refractivity contribution < 1.29 is 4.79 Å². The fraction of sp³-hybridized carbons (Fsp3) is 0. The highest BCUT2D eigenvalue weighted by atomic mass is 16.1. The van der Waals surface area contributed by atoms with Gasteiger partial charge in [0, 0.05) is 10.9 Å². The Kier molecular flexibility index (Phi) is 2.94. The quantitative estimate of drug-likeness (QED) is 0.502. The summed E-state index contributed by atoms with van der Waals surface area (Å²) in [7, 11) is 0. The van der Waals surface area contributed by atoms with Crippen LogP contribution in [0, 0.1) is 0 Å². The summed E-state index contributed by atoms with van der Waals surface area (Å²) in [6, 6.07) is 25.3. The zero-order chi connectivity index (χ0) is 14.9. The molecule has 0 amide bonds. The van der Waals surface area contributed by atoms with Crippen molar-refractivity contribution in [3.05, 3.63) is 90.1 Å². The van der Waals surface area contributed by atoms with Crippen LogP contribution in [-0.2, 0) is 0 Å². The number of fused-ring (bicyclic) bond motifs is 2. The van der Waals surface area contributed by atoms with Crippen LogP contribution in [0.25, 0.3) is 21.7 Å². The summed E-state index contributed by atoms with van der Waals surface area (Å²) < 4.78 is 0. The van der Waals surface area contributed by atoms with Gasteiger partial charge in [-0.3, -0.25) is 4.79 Å². The van der Waals surface area contributed by atoms with Crippen molar-refractivity contribution in [1.29, 1.82) is 0 Å². The Hall–Kier alpha value is -3.00. The maximum atomic E-state index is 12.8. The van der Waals surface area contributed by atoms with E-state index in [2.05, 4.69) is 4.98 Å². The summed E-state index contributed by atoms with van der Waals surface area (Å²) in [6.45, 7) is 0. The van der Waals surface area contributed by atoms with Gasteiger partial charge in [-0.15, -0.1) is 0 Å². The second kappa shape index (κ2) is 5.08. The predicted octanol–water partition coefficient (Wildman–Crippen LogP) is 4.62. The van der Waals surface area contributed by atoms with Crippen LogP contribution in [0.5, 0.6) is 0 Å². The van der Waals surface area contributed by atoms with E-state index in [0.717, 1.165) is 21.7 Å². The highest BCUT2D eigenvalue weighted by Gasteiger charge is 2.13. The molecule has 104 valence electrons. The molecular weight excluding hydrogens is 270 g/mol. The maximum absolute atomic E-state index is 12.8. The zero-order valence-electron chi connectivity index (χ0n) is 11.9. The van der Waals surface area contributed by atoms with Gasteiger partial charge < -0.3 is 0 Å². The molecule has 0 bridgehead atoms. The Morgan fingerprint density at radius 2 is 1.41 bits per heavy atom. The van der Waals surface area contributed by atoms with E-state index in [4.69, 9.17) is 0 Å². The van der Waals surface area contributed by atoms with E-state index < -0.39 is 0 Å². The summed E-state index contributed by atoms with van der Waals surface area (Å²) in [5.74, 6) is -0.0393. The first kappa shape index (κ1) is 12.7. The van der Waals surface area contributed by atoms with Crippen LogP contribution in [0.1, 0.15) is 16.1 Å². The van der Waals surface area contributed by atoms with Crippen molar-refractivity contribution in [3.63, 3.8) is 0 Å². The van der Waals surface area contributed by atoms with Gasteiger partial charge in [0.05, 0.1) is 5.52 Å². The number of hydrogen-bond acceptors (Lipinski definition) is 2. The number of pyridine rings is 1. The third-order valence-corrected chi connectivity index (χ3v) is 3.87. The van der Waals surface area contributed by atoms with Gasteiger partial charge >= 0.3 is 0 Å². The number of ketones is 1. The van der Waals surface area contributed by atoms with Crippen LogP contribution in [0.15, 0.2) is 78.9 Å². The van der Waals surface area contributed by atoms with E-state index in [-0.39, 0.29) is 5.78 Å². The average molecular weight is 283 g/mol. The summed E-state index contributed by atoms with van der Waals surface area (Å²) >= 11 is 0. The van der Waals surface area contributed by atoms with Gasteiger partial charge in [-0.2, -0.15) is 0 Å². The number of benzene rings is 3. The molecule has 0 saturated heterocycles. The molecule has 0 aliphatic rings. The predicted molar refractivity (Wildman–Crippen MR) is 89.1 cm³/mol. The van der Waals surface area contributed by atoms with Crippen molar-refractivity contribution in [2.75, 3.05) is 0 Å². The van der Waals surface area contributed by atoms with Crippen LogP contribution in [0.2, 0.25) is 0 Å². The summed E-state index contributed by atoms with van der Waals surface area (Å²) in [6.07, 6.45) is 0. The normalized spacial score (nSPS) is 10.9. The second-order valence-electron chi connectivity index (χ2n) is 5.25. The van der Waals surface area contributed by atoms with Crippen molar-refractivity contribution in [1.82, 2.24) is 4.98 Å². The maximum Gasteiger partial charge on any atom is 0.211 e. The van der Waals surface area contributed by atoms with Crippen LogP contribution in [0.4, 0.5) is 0 Å². The number of carbonyl (C=O) groups excluding carboxylic acids is 1. The molecule has 0 aliphatic carbocycles. The Morgan fingerprint density at radius 1 is 0.682 bits per heavy atom. The Bertz CT molecular complexity index is 999. The molecule has 2 heteroatoms. The molecule has 0 unspecified atom stereocenters. The molecule has 0 atom stereocenters. The molecule has 22 heavy (non-hydrogen) atoms. The van der Waals surface area contributed by atoms with Crippen molar-refractivity contribution in [3.8, 4) is 0 Å². The first-order chi connectivity index (χ1) is 10.8. The molecule has 4 aromatic rings. The number of rotatable bonds is 2. The molecule has 1 aromatic heterocycles. The van der Waals surface area contributed by atoms with E-state index >= 15 is 0 Å². The standard InChI is InChI=1S/C20H13NO/c22-20(17-10-5-8-14-6-1-3-9-16(14)17)19-13-12-15-7-2-4-11-18(15)21-19/h1-13H. The molecule has 0 fully saturated rings. The highest BCUT2D eigenvalue weighted by Crippen LogP contribution is 2.22. The number of carbonyl (C=O) groups is 1. The van der Waals surface area contributed by atoms with E-state index in [0.29, 0.717) is 11.3 Å². The topological polar surface area (TPSA) is 30.0 Å². The molecule has 1 heterocycles. The van der Waals surface area contributed by atoms with Gasteiger partial charge in [-0.25, -0.2) is 4.98 Å². The third kappa shape index (κ3) is 2.06. The number of para-hydroxylation sites is 1. The Labute approximate surface area is 128 Å². The number of aromatic nitrogens is 1. The molecule has 0 aliphatic heterocycles. The van der Waals surface area contributed by atoms with E-state index in [1.54, 1.807) is 6.07 Å². The van der Waals surface area contributed by atoms with Gasteiger partial charge in [0.1, 0.15) is 5.69 Å².